The highest BCUT2D eigenvalue weighted by atomic mass is 35.5. The predicted octanol–water partition coefficient (Wildman–Crippen LogP) is 1.98. The number of esters is 1. The summed E-state index contributed by atoms with van der Waals surface area (Å²) in [6.07, 6.45) is 1.80. The van der Waals surface area contributed by atoms with Gasteiger partial charge in [0.1, 0.15) is 12.1 Å². The normalized spacial score (nSPS) is 22.9. The van der Waals surface area contributed by atoms with Crippen molar-refractivity contribution in [3.05, 3.63) is 0 Å². The van der Waals surface area contributed by atoms with E-state index in [1.807, 2.05) is 6.92 Å². The molecule has 2 saturated heterocycles. The number of nitrogens with zero attached hydrogens (tertiary/aromatic N) is 1. The van der Waals surface area contributed by atoms with Gasteiger partial charge >= 0.3 is 11.9 Å². The first-order chi connectivity index (χ1) is 12.3. The standard InChI is InChI=1S/C17H28N2O5S2.ClH/c1-4-6-12(16(23)24-5-2)18-11(3)14(20)19-10-17(25-7-8-26-17)9-13(19)15(21)22;/h11-13,18H,4-10H2,1-3H3,(H,21,22);1H/t11-,12-,13-;/m0./s1. The molecule has 0 aromatic carbocycles. The molecule has 27 heavy (non-hydrogen) atoms. The molecule has 0 aromatic rings. The zero-order chi connectivity index (χ0) is 19.3. The molecule has 0 saturated carbocycles. The van der Waals surface area contributed by atoms with Gasteiger partial charge < -0.3 is 14.7 Å². The zero-order valence-electron chi connectivity index (χ0n) is 15.9. The molecular weight excluding hydrogens is 412 g/mol. The molecule has 0 aromatic heterocycles. The summed E-state index contributed by atoms with van der Waals surface area (Å²) < 4.78 is 4.87. The molecule has 10 heteroatoms. The number of halogens is 1. The Labute approximate surface area is 175 Å². The van der Waals surface area contributed by atoms with Crippen molar-refractivity contribution in [1.29, 1.82) is 0 Å². The molecule has 0 aliphatic carbocycles. The molecule has 2 heterocycles. The van der Waals surface area contributed by atoms with Crippen molar-refractivity contribution in [2.45, 2.75) is 62.2 Å². The third kappa shape index (κ3) is 5.92. The minimum Gasteiger partial charge on any atom is -0.480 e. The lowest BCUT2D eigenvalue weighted by molar-refractivity contribution is -0.150. The van der Waals surface area contributed by atoms with Gasteiger partial charge in [-0.15, -0.1) is 35.9 Å². The Morgan fingerprint density at radius 2 is 1.93 bits per heavy atom. The first kappa shape index (κ1) is 24.4. The van der Waals surface area contributed by atoms with Crippen molar-refractivity contribution in [3.8, 4) is 0 Å². The van der Waals surface area contributed by atoms with Gasteiger partial charge in [0, 0.05) is 24.5 Å². The lowest BCUT2D eigenvalue weighted by atomic mass is 10.1. The summed E-state index contributed by atoms with van der Waals surface area (Å²) in [5.41, 5.74) is 0. The number of carboxylic acids is 1. The monoisotopic (exact) mass is 440 g/mol. The largest absolute Gasteiger partial charge is 0.480 e. The smallest absolute Gasteiger partial charge is 0.326 e. The fourth-order valence-electron chi connectivity index (χ4n) is 3.42. The fourth-order valence-corrected chi connectivity index (χ4v) is 6.68. The van der Waals surface area contributed by atoms with Crippen LogP contribution in [0.15, 0.2) is 0 Å². The van der Waals surface area contributed by atoms with Gasteiger partial charge in [-0.1, -0.05) is 13.3 Å². The number of aliphatic carboxylic acids is 1. The van der Waals surface area contributed by atoms with Crippen LogP contribution in [-0.4, -0.2) is 74.7 Å². The lowest BCUT2D eigenvalue weighted by Gasteiger charge is -2.28. The topological polar surface area (TPSA) is 95.9 Å². The maximum Gasteiger partial charge on any atom is 0.326 e. The van der Waals surface area contributed by atoms with Gasteiger partial charge in [0.15, 0.2) is 0 Å². The van der Waals surface area contributed by atoms with Crippen molar-refractivity contribution in [3.63, 3.8) is 0 Å². The molecule has 0 radical (unpaired) electrons. The van der Waals surface area contributed by atoms with E-state index in [4.69, 9.17) is 4.74 Å². The van der Waals surface area contributed by atoms with Crippen molar-refractivity contribution < 1.29 is 24.2 Å². The molecule has 0 unspecified atom stereocenters. The Hall–Kier alpha value is -0.640. The van der Waals surface area contributed by atoms with Crippen LogP contribution in [0.25, 0.3) is 0 Å². The van der Waals surface area contributed by atoms with Gasteiger partial charge in [-0.05, 0) is 20.3 Å². The lowest BCUT2D eigenvalue weighted by Crippen LogP contribution is -2.53. The minimum atomic E-state index is -0.967. The van der Waals surface area contributed by atoms with Crippen LogP contribution in [0.2, 0.25) is 0 Å². The van der Waals surface area contributed by atoms with Crippen LogP contribution in [0, 0.1) is 0 Å². The maximum atomic E-state index is 12.9. The van der Waals surface area contributed by atoms with Crippen LogP contribution in [0.3, 0.4) is 0 Å². The number of hydrogen-bond acceptors (Lipinski definition) is 7. The van der Waals surface area contributed by atoms with E-state index in [1.54, 1.807) is 37.4 Å². The van der Waals surface area contributed by atoms with E-state index in [9.17, 15) is 19.5 Å². The second-order valence-electron chi connectivity index (χ2n) is 6.61. The summed E-state index contributed by atoms with van der Waals surface area (Å²) in [6.45, 7) is 6.10. The molecule has 0 bridgehead atoms. The number of hydrogen-bond donors (Lipinski definition) is 2. The summed E-state index contributed by atoms with van der Waals surface area (Å²) in [5, 5.41) is 12.6. The highest BCUT2D eigenvalue weighted by molar-refractivity contribution is 8.21. The van der Waals surface area contributed by atoms with Gasteiger partial charge in [-0.2, -0.15) is 0 Å². The molecule has 2 N–H and O–H groups in total. The summed E-state index contributed by atoms with van der Waals surface area (Å²) in [7, 11) is 0. The maximum absolute atomic E-state index is 12.9. The minimum absolute atomic E-state index is 0. The van der Waals surface area contributed by atoms with Gasteiger partial charge in [0.2, 0.25) is 5.91 Å². The fraction of sp³-hybridized carbons (Fsp3) is 0.824. The number of ether oxygens (including phenoxy) is 1. The predicted molar refractivity (Wildman–Crippen MR) is 111 cm³/mol. The third-order valence-electron chi connectivity index (χ3n) is 4.64. The average Bonchev–Trinajstić information content (AvgIpc) is 3.21. The van der Waals surface area contributed by atoms with Gasteiger partial charge in [0.25, 0.3) is 0 Å². The van der Waals surface area contributed by atoms with Gasteiger partial charge in [-0.3, -0.25) is 14.9 Å². The average molecular weight is 441 g/mol. The summed E-state index contributed by atoms with van der Waals surface area (Å²) >= 11 is 3.50. The summed E-state index contributed by atoms with van der Waals surface area (Å²) in [4.78, 5) is 38.2. The van der Waals surface area contributed by atoms with E-state index in [2.05, 4.69) is 5.32 Å². The van der Waals surface area contributed by atoms with Crippen molar-refractivity contribution in [2.75, 3.05) is 24.7 Å². The van der Waals surface area contributed by atoms with E-state index < -0.39 is 24.1 Å². The Balaban J connectivity index is 0.00000364. The van der Waals surface area contributed by atoms with Crippen molar-refractivity contribution in [2.24, 2.45) is 0 Å². The third-order valence-corrected chi connectivity index (χ3v) is 8.07. The first-order valence-corrected chi connectivity index (χ1v) is 11.0. The molecule has 2 aliphatic rings. The number of nitrogens with one attached hydrogen (secondary N) is 1. The van der Waals surface area contributed by atoms with Crippen LogP contribution in [0.5, 0.6) is 0 Å². The van der Waals surface area contributed by atoms with Gasteiger partial charge in [-0.25, -0.2) is 4.79 Å². The zero-order valence-corrected chi connectivity index (χ0v) is 18.4. The van der Waals surface area contributed by atoms with Crippen LogP contribution in [0.1, 0.15) is 40.0 Å². The van der Waals surface area contributed by atoms with Crippen LogP contribution >= 0.6 is 35.9 Å². The van der Waals surface area contributed by atoms with Crippen LogP contribution in [0.4, 0.5) is 0 Å². The number of carbonyl (C=O) groups is 3. The van der Waals surface area contributed by atoms with Crippen LogP contribution < -0.4 is 5.32 Å². The number of amides is 1. The van der Waals surface area contributed by atoms with E-state index in [0.717, 1.165) is 17.9 Å². The number of carboxylic acid groups (broad SMARTS) is 1. The molecule has 1 amide bonds. The SMILES string of the molecule is CCC[C@H](N[C@@H](C)C(=O)N1CC2(C[C@H]1C(=O)O)SCCS2)C(=O)OCC.Cl. The molecular formula is C17H29ClN2O5S2. The number of thioether (sulfide) groups is 2. The molecule has 2 fully saturated rings. The van der Waals surface area contributed by atoms with E-state index in [-0.39, 0.29) is 35.0 Å². The number of carbonyl (C=O) groups excluding carboxylic acids is 2. The number of rotatable bonds is 8. The van der Waals surface area contributed by atoms with E-state index >= 15 is 0 Å². The molecule has 2 rings (SSSR count). The first-order valence-electron chi connectivity index (χ1n) is 9.07. The molecule has 156 valence electrons. The molecule has 3 atom stereocenters. The highest BCUT2D eigenvalue weighted by Crippen LogP contribution is 2.51. The Kier molecular flexibility index (Phi) is 9.74. The van der Waals surface area contributed by atoms with Gasteiger partial charge in [0.05, 0.1) is 16.7 Å². The second-order valence-corrected chi connectivity index (χ2v) is 9.83. The molecule has 7 nitrogen and oxygen atoms in total. The Morgan fingerprint density at radius 1 is 1.30 bits per heavy atom. The summed E-state index contributed by atoms with van der Waals surface area (Å²) in [6, 6.07) is -2.02. The Bertz CT molecular complexity index is 545. The quantitative estimate of drug-likeness (QED) is 0.553. The second kappa shape index (κ2) is 10.8. The van der Waals surface area contributed by atoms with E-state index in [0.29, 0.717) is 19.4 Å². The highest BCUT2D eigenvalue weighted by Gasteiger charge is 2.52. The Morgan fingerprint density at radius 3 is 2.44 bits per heavy atom. The van der Waals surface area contributed by atoms with Crippen LogP contribution in [-0.2, 0) is 19.1 Å². The van der Waals surface area contributed by atoms with Crippen molar-refractivity contribution >= 4 is 53.8 Å². The summed E-state index contributed by atoms with van der Waals surface area (Å²) in [5.74, 6) is 0.352. The molecule has 2 aliphatic heterocycles. The van der Waals surface area contributed by atoms with Crippen molar-refractivity contribution in [1.82, 2.24) is 10.2 Å². The number of likely N-dealkylation sites (tertiary alicyclic amines) is 1. The molecule has 1 spiro atoms. The van der Waals surface area contributed by atoms with E-state index in [1.165, 1.54) is 4.90 Å².